The summed E-state index contributed by atoms with van der Waals surface area (Å²) in [5.74, 6) is -1.05. The Morgan fingerprint density at radius 2 is 1.60 bits per heavy atom. The Morgan fingerprint density at radius 3 is 2.21 bits per heavy atom. The van der Waals surface area contributed by atoms with Crippen molar-refractivity contribution in [2.24, 2.45) is 0 Å². The molecule has 0 radical (unpaired) electrons. The van der Waals surface area contributed by atoms with Crippen LogP contribution in [0.1, 0.15) is 51.0 Å². The largest absolute Gasteiger partial charge is 0.497 e. The zero-order valence-corrected chi connectivity index (χ0v) is 24.9. The van der Waals surface area contributed by atoms with Gasteiger partial charge in [0.1, 0.15) is 24.2 Å². The molecule has 0 bridgehead atoms. The molecule has 0 spiro atoms. The van der Waals surface area contributed by atoms with Crippen LogP contribution in [0.3, 0.4) is 0 Å². The summed E-state index contributed by atoms with van der Waals surface area (Å²) < 4.78 is 48.7. The summed E-state index contributed by atoms with van der Waals surface area (Å²) in [5, 5.41) is 3.11. The molecule has 8 nitrogen and oxygen atoms in total. The van der Waals surface area contributed by atoms with Crippen LogP contribution in [0.2, 0.25) is 0 Å². The van der Waals surface area contributed by atoms with Crippen molar-refractivity contribution in [2.45, 2.75) is 69.0 Å². The highest BCUT2D eigenvalue weighted by molar-refractivity contribution is 7.92. The third-order valence-corrected chi connectivity index (χ3v) is 9.35. The lowest BCUT2D eigenvalue weighted by molar-refractivity contribution is -0.140. The van der Waals surface area contributed by atoms with Gasteiger partial charge in [-0.15, -0.1) is 0 Å². The number of sulfonamides is 1. The van der Waals surface area contributed by atoms with E-state index in [0.717, 1.165) is 48.0 Å². The molecule has 3 aromatic rings. The van der Waals surface area contributed by atoms with E-state index in [-0.39, 0.29) is 29.1 Å². The first-order valence-electron chi connectivity index (χ1n) is 14.3. The molecule has 1 aliphatic carbocycles. The van der Waals surface area contributed by atoms with E-state index in [1.165, 1.54) is 35.2 Å². The monoisotopic (exact) mass is 595 g/mol. The number of benzene rings is 3. The summed E-state index contributed by atoms with van der Waals surface area (Å²) in [4.78, 5) is 29.0. The van der Waals surface area contributed by atoms with Crippen LogP contribution in [-0.2, 0) is 26.2 Å². The molecule has 0 saturated heterocycles. The van der Waals surface area contributed by atoms with Gasteiger partial charge >= 0.3 is 0 Å². The predicted molar refractivity (Wildman–Crippen MR) is 160 cm³/mol. The molecular weight excluding hydrogens is 557 g/mol. The second-order valence-corrected chi connectivity index (χ2v) is 12.3. The van der Waals surface area contributed by atoms with Gasteiger partial charge in [-0.2, -0.15) is 0 Å². The number of carbonyl (C=O) groups is 2. The van der Waals surface area contributed by atoms with Crippen LogP contribution in [0.5, 0.6) is 5.75 Å². The number of nitrogens with zero attached hydrogens (tertiary/aromatic N) is 2. The SMILES string of the molecule is CC[C@@H](C(=O)NC1CCCCC1)N(Cc1ccc(OC)cc1)C(=O)CN(c1ccccc1F)S(=O)(=O)c1ccccc1. The molecule has 3 aromatic carbocycles. The lowest BCUT2D eigenvalue weighted by Crippen LogP contribution is -2.54. The number of methoxy groups -OCH3 is 1. The van der Waals surface area contributed by atoms with Crippen LogP contribution >= 0.6 is 0 Å². The zero-order valence-electron chi connectivity index (χ0n) is 24.0. The molecular formula is C32H38FN3O5S. The molecule has 224 valence electrons. The molecule has 0 heterocycles. The van der Waals surface area contributed by atoms with E-state index in [0.29, 0.717) is 12.2 Å². The van der Waals surface area contributed by atoms with Gasteiger partial charge in [0.2, 0.25) is 11.8 Å². The van der Waals surface area contributed by atoms with E-state index < -0.39 is 34.3 Å². The number of rotatable bonds is 12. The molecule has 10 heteroatoms. The summed E-state index contributed by atoms with van der Waals surface area (Å²) in [6, 6.07) is 19.3. The van der Waals surface area contributed by atoms with Gasteiger partial charge in [-0.1, -0.05) is 68.7 Å². The number of anilines is 1. The first-order valence-corrected chi connectivity index (χ1v) is 15.7. The van der Waals surface area contributed by atoms with Crippen molar-refractivity contribution in [3.05, 3.63) is 90.2 Å². The third-order valence-electron chi connectivity index (χ3n) is 7.58. The van der Waals surface area contributed by atoms with Crippen LogP contribution in [0, 0.1) is 5.82 Å². The molecule has 1 aliphatic rings. The van der Waals surface area contributed by atoms with Crippen molar-refractivity contribution in [1.29, 1.82) is 0 Å². The average Bonchev–Trinajstić information content (AvgIpc) is 3.01. The molecule has 1 atom stereocenters. The summed E-state index contributed by atoms with van der Waals surface area (Å²) >= 11 is 0. The number of carbonyl (C=O) groups excluding carboxylic acids is 2. The van der Waals surface area contributed by atoms with Crippen molar-refractivity contribution in [3.63, 3.8) is 0 Å². The summed E-state index contributed by atoms with van der Waals surface area (Å²) in [7, 11) is -2.78. The van der Waals surface area contributed by atoms with Crippen LogP contribution in [0.15, 0.2) is 83.8 Å². The highest BCUT2D eigenvalue weighted by Crippen LogP contribution is 2.27. The Morgan fingerprint density at radius 1 is 0.952 bits per heavy atom. The van der Waals surface area contributed by atoms with Gasteiger partial charge in [-0.05, 0) is 61.2 Å². The molecule has 0 unspecified atom stereocenters. The van der Waals surface area contributed by atoms with Gasteiger partial charge in [-0.3, -0.25) is 13.9 Å². The topological polar surface area (TPSA) is 96.0 Å². The second kappa shape index (κ2) is 14.3. The number of amides is 2. The van der Waals surface area contributed by atoms with Crippen LogP contribution in [0.25, 0.3) is 0 Å². The van der Waals surface area contributed by atoms with Gasteiger partial charge in [0.15, 0.2) is 0 Å². The van der Waals surface area contributed by atoms with E-state index in [1.54, 1.807) is 49.6 Å². The van der Waals surface area contributed by atoms with Gasteiger partial charge in [-0.25, -0.2) is 12.8 Å². The molecule has 0 aromatic heterocycles. The van der Waals surface area contributed by atoms with Crippen LogP contribution < -0.4 is 14.4 Å². The molecule has 2 amide bonds. The van der Waals surface area contributed by atoms with E-state index in [1.807, 2.05) is 6.92 Å². The molecule has 0 aliphatic heterocycles. The Labute approximate surface area is 247 Å². The van der Waals surface area contributed by atoms with Crippen molar-refractivity contribution < 1.29 is 27.1 Å². The number of hydrogen-bond donors (Lipinski definition) is 1. The number of para-hydroxylation sites is 1. The molecule has 4 rings (SSSR count). The smallest absolute Gasteiger partial charge is 0.264 e. The highest BCUT2D eigenvalue weighted by Gasteiger charge is 2.35. The Bertz CT molecular complexity index is 1440. The maximum Gasteiger partial charge on any atom is 0.264 e. The van der Waals surface area contributed by atoms with Crippen molar-refractivity contribution in [3.8, 4) is 5.75 Å². The normalized spacial score (nSPS) is 14.5. The summed E-state index contributed by atoms with van der Waals surface area (Å²) in [6.07, 6.45) is 5.27. The summed E-state index contributed by atoms with van der Waals surface area (Å²) in [6.45, 7) is 1.17. The number of hydrogen-bond acceptors (Lipinski definition) is 5. The minimum atomic E-state index is -4.33. The predicted octanol–water partition coefficient (Wildman–Crippen LogP) is 5.29. The first kappa shape index (κ1) is 31.0. The maximum absolute atomic E-state index is 15.1. The molecule has 1 saturated carbocycles. The van der Waals surface area contributed by atoms with E-state index in [9.17, 15) is 18.0 Å². The fraction of sp³-hybridized carbons (Fsp3) is 0.375. The highest BCUT2D eigenvalue weighted by atomic mass is 32.2. The van der Waals surface area contributed by atoms with Gasteiger partial charge in [0, 0.05) is 12.6 Å². The minimum Gasteiger partial charge on any atom is -0.497 e. The first-order chi connectivity index (χ1) is 20.2. The Hall–Kier alpha value is -3.92. The maximum atomic E-state index is 15.1. The molecule has 1 N–H and O–H groups in total. The fourth-order valence-electron chi connectivity index (χ4n) is 5.28. The summed E-state index contributed by atoms with van der Waals surface area (Å²) in [5.41, 5.74) is 0.482. The van der Waals surface area contributed by atoms with Crippen molar-refractivity contribution in [1.82, 2.24) is 10.2 Å². The van der Waals surface area contributed by atoms with Crippen LogP contribution in [0.4, 0.5) is 10.1 Å². The minimum absolute atomic E-state index is 0.0339. The fourth-order valence-corrected chi connectivity index (χ4v) is 6.72. The Kier molecular flexibility index (Phi) is 10.6. The number of nitrogens with one attached hydrogen (secondary N) is 1. The Balaban J connectivity index is 1.70. The van der Waals surface area contributed by atoms with E-state index in [2.05, 4.69) is 5.32 Å². The lowest BCUT2D eigenvalue weighted by atomic mass is 9.95. The lowest BCUT2D eigenvalue weighted by Gasteiger charge is -2.34. The van der Waals surface area contributed by atoms with Crippen molar-refractivity contribution >= 4 is 27.5 Å². The molecule has 1 fully saturated rings. The van der Waals surface area contributed by atoms with E-state index in [4.69, 9.17) is 4.74 Å². The number of halogens is 1. The third kappa shape index (κ3) is 7.47. The number of ether oxygens (including phenoxy) is 1. The quantitative estimate of drug-likeness (QED) is 0.307. The second-order valence-electron chi connectivity index (χ2n) is 10.4. The van der Waals surface area contributed by atoms with E-state index >= 15 is 4.39 Å². The molecule has 42 heavy (non-hydrogen) atoms. The van der Waals surface area contributed by atoms with Crippen LogP contribution in [-0.4, -0.2) is 50.9 Å². The van der Waals surface area contributed by atoms with Gasteiger partial charge in [0.25, 0.3) is 10.0 Å². The van der Waals surface area contributed by atoms with Crippen molar-refractivity contribution in [2.75, 3.05) is 18.0 Å². The van der Waals surface area contributed by atoms with Gasteiger partial charge < -0.3 is 15.0 Å². The zero-order chi connectivity index (χ0) is 30.1. The standard InChI is InChI=1S/C32H38FN3O5S/c1-3-29(32(38)34-25-12-6-4-7-13-25)35(22-24-18-20-26(41-2)21-19-24)31(37)23-36(30-17-11-10-16-28(30)33)42(39,40)27-14-8-5-9-15-27/h5,8-11,14-21,25,29H,3-4,6-7,12-13,22-23H2,1-2H3,(H,34,38)/t29-/m0/s1. The average molecular weight is 596 g/mol. The van der Waals surface area contributed by atoms with Gasteiger partial charge in [0.05, 0.1) is 17.7 Å².